The van der Waals surface area contributed by atoms with Crippen LogP contribution in [0.3, 0.4) is 0 Å². The monoisotopic (exact) mass is 403 g/mol. The van der Waals surface area contributed by atoms with E-state index in [4.69, 9.17) is 4.99 Å². The molecule has 5 nitrogen and oxygen atoms in total. The second-order valence-corrected chi connectivity index (χ2v) is 10.6. The summed E-state index contributed by atoms with van der Waals surface area (Å²) in [6.07, 6.45) is 7.97. The zero-order valence-electron chi connectivity index (χ0n) is 15.4. The van der Waals surface area contributed by atoms with E-state index in [0.717, 1.165) is 30.0 Å². The minimum atomic E-state index is -3.37. The Morgan fingerprint density at radius 2 is 1.70 bits per heavy atom. The molecule has 1 saturated heterocycles. The minimum absolute atomic E-state index is 0.408. The summed E-state index contributed by atoms with van der Waals surface area (Å²) in [6, 6.07) is 8.38. The fourth-order valence-electron chi connectivity index (χ4n) is 4.68. The van der Waals surface area contributed by atoms with Crippen LogP contribution < -0.4 is 0 Å². The molecule has 1 aliphatic carbocycles. The van der Waals surface area contributed by atoms with Crippen molar-refractivity contribution in [3.05, 3.63) is 35.2 Å². The molecule has 144 valence electrons. The van der Waals surface area contributed by atoms with E-state index in [1.54, 1.807) is 28.2 Å². The average Bonchev–Trinajstić information content (AvgIpc) is 3.28. The Balaban J connectivity index is 1.39. The van der Waals surface area contributed by atoms with Gasteiger partial charge in [-0.3, -0.25) is 4.99 Å². The van der Waals surface area contributed by atoms with Crippen LogP contribution in [0.2, 0.25) is 0 Å². The first-order valence-corrected chi connectivity index (χ1v) is 12.3. The number of thioether (sulfide) groups is 1. The summed E-state index contributed by atoms with van der Waals surface area (Å²) in [5, 5.41) is 3.28. The quantitative estimate of drug-likeness (QED) is 0.768. The zero-order chi connectivity index (χ0) is 18.4. The molecule has 0 bridgehead atoms. The third kappa shape index (κ3) is 3.04. The first-order chi connectivity index (χ1) is 13.1. The van der Waals surface area contributed by atoms with Gasteiger partial charge in [0.15, 0.2) is 5.17 Å². The van der Waals surface area contributed by atoms with Crippen LogP contribution in [0.15, 0.2) is 39.6 Å². The number of aliphatic imine (C=N–C) groups is 1. The number of benzene rings is 1. The molecule has 0 radical (unpaired) electrons. The fourth-order valence-corrected chi connectivity index (χ4v) is 7.21. The van der Waals surface area contributed by atoms with Gasteiger partial charge in [0.2, 0.25) is 10.0 Å². The van der Waals surface area contributed by atoms with Crippen molar-refractivity contribution in [3.8, 4) is 0 Å². The van der Waals surface area contributed by atoms with Gasteiger partial charge in [-0.2, -0.15) is 4.31 Å². The van der Waals surface area contributed by atoms with Crippen molar-refractivity contribution >= 4 is 32.6 Å². The average molecular weight is 404 g/mol. The normalized spacial score (nSPS) is 28.5. The third-order valence-electron chi connectivity index (χ3n) is 6.15. The van der Waals surface area contributed by atoms with Gasteiger partial charge in [-0.15, -0.1) is 0 Å². The van der Waals surface area contributed by atoms with E-state index in [1.807, 2.05) is 12.1 Å². The molecule has 0 unspecified atom stereocenters. The number of amidine groups is 1. The standard InChI is InChI=1S/C20H25N3O2S2/c24-27(25,22-12-4-1-5-13-22)16-10-8-15(9-11-16)19-14-26-20-21-17-6-2-3-7-18(17)23(19)20/h8-11,14,17-18H,1-7,12-13H2/t17-,18-/m0/s1. The molecule has 3 aliphatic heterocycles. The van der Waals surface area contributed by atoms with Crippen LogP contribution in [-0.4, -0.2) is 48.0 Å². The van der Waals surface area contributed by atoms with Crippen LogP contribution >= 0.6 is 11.8 Å². The molecule has 1 saturated carbocycles. The number of piperidine rings is 1. The Morgan fingerprint density at radius 3 is 2.48 bits per heavy atom. The summed E-state index contributed by atoms with van der Waals surface area (Å²) in [7, 11) is -3.37. The van der Waals surface area contributed by atoms with Crippen molar-refractivity contribution in [2.24, 2.45) is 4.99 Å². The van der Waals surface area contributed by atoms with Gasteiger partial charge in [0.25, 0.3) is 0 Å². The topological polar surface area (TPSA) is 53.0 Å². The highest BCUT2D eigenvalue weighted by Gasteiger charge is 2.42. The van der Waals surface area contributed by atoms with Crippen molar-refractivity contribution < 1.29 is 8.42 Å². The molecule has 1 aromatic rings. The number of hydrogen-bond donors (Lipinski definition) is 0. The summed E-state index contributed by atoms with van der Waals surface area (Å²) in [5.41, 5.74) is 2.26. The van der Waals surface area contributed by atoms with E-state index in [-0.39, 0.29) is 0 Å². The van der Waals surface area contributed by atoms with Gasteiger partial charge in [0.1, 0.15) is 0 Å². The Hall–Kier alpha value is -1.31. The molecule has 4 aliphatic rings. The van der Waals surface area contributed by atoms with E-state index < -0.39 is 10.0 Å². The molecule has 0 aromatic heterocycles. The minimum Gasteiger partial charge on any atom is -0.315 e. The summed E-state index contributed by atoms with van der Waals surface area (Å²) < 4.78 is 27.4. The van der Waals surface area contributed by atoms with Gasteiger partial charge in [-0.1, -0.05) is 43.2 Å². The number of hydrogen-bond acceptors (Lipinski definition) is 5. The lowest BCUT2D eigenvalue weighted by molar-refractivity contribution is 0.305. The first-order valence-electron chi connectivity index (χ1n) is 9.99. The Bertz CT molecular complexity index is 886. The largest absolute Gasteiger partial charge is 0.315 e. The van der Waals surface area contributed by atoms with Crippen molar-refractivity contribution in [1.82, 2.24) is 9.21 Å². The molecule has 5 rings (SSSR count). The lowest BCUT2D eigenvalue weighted by Gasteiger charge is -2.32. The number of nitrogens with zero attached hydrogens (tertiary/aromatic N) is 3. The van der Waals surface area contributed by atoms with Gasteiger partial charge in [-0.05, 0) is 43.4 Å². The van der Waals surface area contributed by atoms with Crippen LogP contribution in [-0.2, 0) is 10.0 Å². The molecule has 0 N–H and O–H groups in total. The van der Waals surface area contributed by atoms with E-state index >= 15 is 0 Å². The van der Waals surface area contributed by atoms with Gasteiger partial charge in [0.05, 0.1) is 22.7 Å². The highest BCUT2D eigenvalue weighted by Crippen LogP contribution is 2.44. The van der Waals surface area contributed by atoms with Crippen molar-refractivity contribution in [2.45, 2.75) is 61.9 Å². The van der Waals surface area contributed by atoms with Crippen LogP contribution in [0.5, 0.6) is 0 Å². The predicted octanol–water partition coefficient (Wildman–Crippen LogP) is 3.89. The van der Waals surface area contributed by atoms with Gasteiger partial charge in [0, 0.05) is 18.5 Å². The second kappa shape index (κ2) is 6.94. The molecule has 2 atom stereocenters. The maximum Gasteiger partial charge on any atom is 0.243 e. The Labute approximate surface area is 165 Å². The molecular weight excluding hydrogens is 378 g/mol. The summed E-state index contributed by atoms with van der Waals surface area (Å²) in [5.74, 6) is 0. The van der Waals surface area contributed by atoms with Crippen molar-refractivity contribution in [3.63, 3.8) is 0 Å². The van der Waals surface area contributed by atoms with Gasteiger partial charge in [-0.25, -0.2) is 8.42 Å². The van der Waals surface area contributed by atoms with E-state index in [0.29, 0.717) is 30.1 Å². The Kier molecular flexibility index (Phi) is 4.57. The molecule has 0 spiro atoms. The predicted molar refractivity (Wildman–Crippen MR) is 110 cm³/mol. The van der Waals surface area contributed by atoms with Crippen LogP contribution in [0.25, 0.3) is 5.70 Å². The van der Waals surface area contributed by atoms with Crippen molar-refractivity contribution in [2.75, 3.05) is 13.1 Å². The molecular formula is C20H25N3O2S2. The SMILES string of the molecule is O=S(=O)(c1ccc(C2=CSC3=N[C@H]4CCCC[C@@H]4N23)cc1)N1CCCCC1. The smallest absolute Gasteiger partial charge is 0.243 e. The molecule has 27 heavy (non-hydrogen) atoms. The lowest BCUT2D eigenvalue weighted by atomic mass is 9.90. The van der Waals surface area contributed by atoms with Gasteiger partial charge >= 0.3 is 0 Å². The maximum atomic E-state index is 12.9. The van der Waals surface area contributed by atoms with Crippen LogP contribution in [0.4, 0.5) is 0 Å². The van der Waals surface area contributed by atoms with Gasteiger partial charge < -0.3 is 4.90 Å². The molecule has 2 fully saturated rings. The van der Waals surface area contributed by atoms with Crippen molar-refractivity contribution in [1.29, 1.82) is 0 Å². The third-order valence-corrected chi connectivity index (χ3v) is 8.91. The van der Waals surface area contributed by atoms with E-state index in [2.05, 4.69) is 10.3 Å². The van der Waals surface area contributed by atoms with E-state index in [1.165, 1.54) is 31.4 Å². The molecule has 0 amide bonds. The number of rotatable bonds is 3. The first kappa shape index (κ1) is 17.8. The highest BCUT2D eigenvalue weighted by atomic mass is 32.2. The highest BCUT2D eigenvalue weighted by molar-refractivity contribution is 8.16. The fraction of sp³-hybridized carbons (Fsp3) is 0.550. The summed E-state index contributed by atoms with van der Waals surface area (Å²) in [6.45, 7) is 1.28. The molecule has 1 aromatic carbocycles. The number of fused-ring (bicyclic) bond motifs is 3. The molecule has 7 heteroatoms. The van der Waals surface area contributed by atoms with Crippen LogP contribution in [0.1, 0.15) is 50.5 Å². The summed E-state index contributed by atoms with van der Waals surface area (Å²) >= 11 is 1.70. The maximum absolute atomic E-state index is 12.9. The lowest BCUT2D eigenvalue weighted by Crippen LogP contribution is -2.38. The van der Waals surface area contributed by atoms with Crippen LogP contribution in [0, 0.1) is 0 Å². The Morgan fingerprint density at radius 1 is 0.963 bits per heavy atom. The summed E-state index contributed by atoms with van der Waals surface area (Å²) in [4.78, 5) is 7.72. The second-order valence-electron chi connectivity index (χ2n) is 7.81. The van der Waals surface area contributed by atoms with E-state index in [9.17, 15) is 8.42 Å². The molecule has 3 heterocycles. The number of sulfonamides is 1. The zero-order valence-corrected chi connectivity index (χ0v) is 17.0.